The van der Waals surface area contributed by atoms with Gasteiger partial charge in [-0.3, -0.25) is 9.59 Å². The second-order valence-corrected chi connectivity index (χ2v) is 6.96. The molecule has 2 unspecified atom stereocenters. The van der Waals surface area contributed by atoms with Crippen LogP contribution in [0.1, 0.15) is 12.0 Å². The highest BCUT2D eigenvalue weighted by Gasteiger charge is 2.48. The molecule has 2 amide bonds. The van der Waals surface area contributed by atoms with Gasteiger partial charge in [-0.05, 0) is 36.6 Å². The molecule has 5 nitrogen and oxygen atoms in total. The van der Waals surface area contributed by atoms with Crippen LogP contribution in [0.3, 0.4) is 0 Å². The van der Waals surface area contributed by atoms with E-state index in [1.54, 1.807) is 0 Å². The van der Waals surface area contributed by atoms with Gasteiger partial charge in [-0.25, -0.2) is 8.78 Å². The van der Waals surface area contributed by atoms with Crippen LogP contribution in [0.2, 0.25) is 0 Å². The van der Waals surface area contributed by atoms with Crippen LogP contribution < -0.4 is 10.6 Å². The highest BCUT2D eigenvalue weighted by molar-refractivity contribution is 5.99. The quantitative estimate of drug-likeness (QED) is 0.611. The summed E-state index contributed by atoms with van der Waals surface area (Å²) in [5.41, 5.74) is 2.08. The van der Waals surface area contributed by atoms with Gasteiger partial charge in [0.15, 0.2) is 0 Å². The Balaban J connectivity index is 1.26. The third kappa shape index (κ3) is 3.74. The molecule has 2 atom stereocenters. The molecule has 3 N–H and O–H groups in total. The number of fused-ring (bicyclic) bond motifs is 1. The standard InChI is InChI=1S/C21H19F2N3O2/c22-13-5-6-19(17(23)9-13)26-21(28)16-10-15(16)20(27)24-8-7-12-11-25-18-4-2-1-3-14(12)18/h1-6,9,11,15-16,25H,7-8,10H2,(H,24,27)(H,26,28). The lowest BCUT2D eigenvalue weighted by atomic mass is 10.1. The average Bonchev–Trinajstić information content (AvgIpc) is 3.39. The van der Waals surface area contributed by atoms with E-state index >= 15 is 0 Å². The lowest BCUT2D eigenvalue weighted by Crippen LogP contribution is -2.29. The number of nitrogens with one attached hydrogen (secondary N) is 3. The van der Waals surface area contributed by atoms with E-state index in [4.69, 9.17) is 0 Å². The minimum atomic E-state index is -0.839. The Morgan fingerprint density at radius 2 is 1.86 bits per heavy atom. The van der Waals surface area contributed by atoms with Crippen LogP contribution in [-0.4, -0.2) is 23.3 Å². The minimum absolute atomic E-state index is 0.0863. The van der Waals surface area contributed by atoms with Gasteiger partial charge in [-0.15, -0.1) is 0 Å². The van der Waals surface area contributed by atoms with Crippen molar-refractivity contribution in [2.75, 3.05) is 11.9 Å². The fourth-order valence-corrected chi connectivity index (χ4v) is 3.38. The molecule has 1 fully saturated rings. The SMILES string of the molecule is O=C(NCCc1c[nH]c2ccccc12)C1CC1C(=O)Nc1ccc(F)cc1F. The number of H-pyrrole nitrogens is 1. The number of aromatic nitrogens is 1. The summed E-state index contributed by atoms with van der Waals surface area (Å²) in [5.74, 6) is -3.06. The van der Waals surface area contributed by atoms with E-state index in [0.29, 0.717) is 25.5 Å². The van der Waals surface area contributed by atoms with Crippen molar-refractivity contribution < 1.29 is 18.4 Å². The Bertz CT molecular complexity index is 1050. The molecule has 1 aromatic heterocycles. The maximum absolute atomic E-state index is 13.6. The van der Waals surface area contributed by atoms with Crippen molar-refractivity contribution in [3.8, 4) is 0 Å². The van der Waals surface area contributed by atoms with Crippen LogP contribution >= 0.6 is 0 Å². The smallest absolute Gasteiger partial charge is 0.228 e. The molecule has 2 aromatic carbocycles. The molecule has 1 saturated carbocycles. The number of amides is 2. The Morgan fingerprint density at radius 1 is 1.07 bits per heavy atom. The molecule has 0 bridgehead atoms. The van der Waals surface area contributed by atoms with Crippen molar-refractivity contribution in [1.82, 2.24) is 10.3 Å². The zero-order valence-corrected chi connectivity index (χ0v) is 15.0. The molecule has 0 spiro atoms. The first-order valence-corrected chi connectivity index (χ1v) is 9.11. The number of hydrogen-bond acceptors (Lipinski definition) is 2. The fraction of sp³-hybridized carbons (Fsp3) is 0.238. The molecule has 0 aliphatic heterocycles. The van der Waals surface area contributed by atoms with E-state index in [1.807, 2.05) is 30.5 Å². The van der Waals surface area contributed by atoms with Gasteiger partial charge in [0, 0.05) is 29.7 Å². The van der Waals surface area contributed by atoms with E-state index in [0.717, 1.165) is 22.5 Å². The third-order valence-corrected chi connectivity index (χ3v) is 5.02. The number of carbonyl (C=O) groups excluding carboxylic acids is 2. The second kappa shape index (κ2) is 7.42. The van der Waals surface area contributed by atoms with Gasteiger partial charge >= 0.3 is 0 Å². The number of benzene rings is 2. The molecule has 1 heterocycles. The zero-order chi connectivity index (χ0) is 19.7. The van der Waals surface area contributed by atoms with Crippen molar-refractivity contribution in [1.29, 1.82) is 0 Å². The van der Waals surface area contributed by atoms with Gasteiger partial charge in [-0.2, -0.15) is 0 Å². The van der Waals surface area contributed by atoms with Gasteiger partial charge in [-0.1, -0.05) is 18.2 Å². The molecular weight excluding hydrogens is 364 g/mol. The van der Waals surface area contributed by atoms with Crippen LogP contribution in [0.15, 0.2) is 48.7 Å². The maximum Gasteiger partial charge on any atom is 0.228 e. The number of aromatic amines is 1. The lowest BCUT2D eigenvalue weighted by Gasteiger charge is -2.07. The van der Waals surface area contributed by atoms with Gasteiger partial charge in [0.05, 0.1) is 17.5 Å². The molecule has 0 radical (unpaired) electrons. The molecule has 4 rings (SSSR count). The fourth-order valence-electron chi connectivity index (χ4n) is 3.38. The largest absolute Gasteiger partial charge is 0.361 e. The summed E-state index contributed by atoms with van der Waals surface area (Å²) in [7, 11) is 0. The molecule has 0 saturated heterocycles. The number of para-hydroxylation sites is 1. The Kier molecular flexibility index (Phi) is 4.81. The molecule has 28 heavy (non-hydrogen) atoms. The third-order valence-electron chi connectivity index (χ3n) is 5.02. The first-order valence-electron chi connectivity index (χ1n) is 9.11. The maximum atomic E-state index is 13.6. The van der Waals surface area contributed by atoms with E-state index in [1.165, 1.54) is 6.07 Å². The molecule has 1 aliphatic carbocycles. The number of rotatable bonds is 6. The summed E-state index contributed by atoms with van der Waals surface area (Å²) in [6.07, 6.45) is 3.04. The molecule has 3 aromatic rings. The van der Waals surface area contributed by atoms with Crippen LogP contribution in [0, 0.1) is 23.5 Å². The van der Waals surface area contributed by atoms with Crippen molar-refractivity contribution in [3.05, 3.63) is 65.9 Å². The predicted molar refractivity (Wildman–Crippen MR) is 102 cm³/mol. The molecule has 7 heteroatoms. The number of anilines is 1. The van der Waals surface area contributed by atoms with E-state index < -0.39 is 29.4 Å². The van der Waals surface area contributed by atoms with Gasteiger partial charge < -0.3 is 15.6 Å². The average molecular weight is 383 g/mol. The summed E-state index contributed by atoms with van der Waals surface area (Å²) in [4.78, 5) is 27.6. The summed E-state index contributed by atoms with van der Waals surface area (Å²) in [6.45, 7) is 0.470. The van der Waals surface area contributed by atoms with Gasteiger partial charge in [0.1, 0.15) is 11.6 Å². The topological polar surface area (TPSA) is 74.0 Å². The van der Waals surface area contributed by atoms with Crippen molar-refractivity contribution in [2.45, 2.75) is 12.8 Å². The van der Waals surface area contributed by atoms with Crippen LogP contribution in [-0.2, 0) is 16.0 Å². The first kappa shape index (κ1) is 18.2. The highest BCUT2D eigenvalue weighted by atomic mass is 19.1. The van der Waals surface area contributed by atoms with Crippen molar-refractivity contribution >= 4 is 28.4 Å². The zero-order valence-electron chi connectivity index (χ0n) is 15.0. The highest BCUT2D eigenvalue weighted by Crippen LogP contribution is 2.39. The number of halogens is 2. The van der Waals surface area contributed by atoms with Gasteiger partial charge in [0.25, 0.3) is 0 Å². The van der Waals surface area contributed by atoms with Crippen LogP contribution in [0.5, 0.6) is 0 Å². The number of carbonyl (C=O) groups is 2. The Labute approximate surface area is 160 Å². The minimum Gasteiger partial charge on any atom is -0.361 e. The van der Waals surface area contributed by atoms with Crippen molar-refractivity contribution in [3.63, 3.8) is 0 Å². The molecule has 1 aliphatic rings. The summed E-state index contributed by atoms with van der Waals surface area (Å²) >= 11 is 0. The summed E-state index contributed by atoms with van der Waals surface area (Å²) in [5, 5.41) is 6.40. The summed E-state index contributed by atoms with van der Waals surface area (Å²) in [6, 6.07) is 10.9. The monoisotopic (exact) mass is 383 g/mol. The second-order valence-electron chi connectivity index (χ2n) is 6.96. The van der Waals surface area contributed by atoms with E-state index in [-0.39, 0.29) is 11.6 Å². The number of hydrogen-bond donors (Lipinski definition) is 3. The van der Waals surface area contributed by atoms with E-state index in [2.05, 4.69) is 15.6 Å². The summed E-state index contributed by atoms with van der Waals surface area (Å²) < 4.78 is 26.5. The normalized spacial score (nSPS) is 18.1. The van der Waals surface area contributed by atoms with Crippen LogP contribution in [0.4, 0.5) is 14.5 Å². The predicted octanol–water partition coefficient (Wildman–Crippen LogP) is 3.38. The van der Waals surface area contributed by atoms with Crippen molar-refractivity contribution in [2.24, 2.45) is 11.8 Å². The van der Waals surface area contributed by atoms with Gasteiger partial charge in [0.2, 0.25) is 11.8 Å². The molecular formula is C21H19F2N3O2. The van der Waals surface area contributed by atoms with Crippen LogP contribution in [0.25, 0.3) is 10.9 Å². The lowest BCUT2D eigenvalue weighted by molar-refractivity contribution is -0.125. The Morgan fingerprint density at radius 3 is 2.68 bits per heavy atom. The first-order chi connectivity index (χ1) is 13.5. The Hall–Kier alpha value is -3.22. The molecule has 144 valence electrons. The van der Waals surface area contributed by atoms with E-state index in [9.17, 15) is 18.4 Å².